The molecule has 1 aliphatic rings. The molecule has 0 bridgehead atoms. The molecular weight excluding hydrogens is 139 g/mol. The van der Waals surface area contributed by atoms with Gasteiger partial charge in [-0.3, -0.25) is 0 Å². The molecule has 57 valence electrons. The fourth-order valence-corrected chi connectivity index (χ4v) is 1.37. The molecule has 1 aromatic rings. The molecule has 11 heavy (non-hydrogen) atoms. The number of hydrogen-bond donors (Lipinski definition) is 0. The Balaban J connectivity index is 2.28. The Kier molecular flexibility index (Phi) is 1.65. The molecule has 0 N–H and O–H groups in total. The quantitative estimate of drug-likeness (QED) is 0.576. The summed E-state index contributed by atoms with van der Waals surface area (Å²) in [6.07, 6.45) is 3.39. The van der Waals surface area contributed by atoms with Crippen LogP contribution in [0.5, 0.6) is 0 Å². The van der Waals surface area contributed by atoms with Crippen molar-refractivity contribution in [1.29, 1.82) is 0 Å². The van der Waals surface area contributed by atoms with E-state index >= 15 is 0 Å². The molecule has 1 heteroatoms. The molecule has 1 saturated carbocycles. The van der Waals surface area contributed by atoms with Gasteiger partial charge in [0, 0.05) is 5.92 Å². The molecule has 2 rings (SSSR count). The Morgan fingerprint density at radius 3 is 2.36 bits per heavy atom. The second kappa shape index (κ2) is 2.65. The summed E-state index contributed by atoms with van der Waals surface area (Å²) < 4.78 is 13.0. The summed E-state index contributed by atoms with van der Waals surface area (Å²) in [4.78, 5) is 0. The largest absolute Gasteiger partial charge is 0.207 e. The Labute approximate surface area is 66.1 Å². The third-order valence-electron chi connectivity index (χ3n) is 2.21. The second-order valence-electron chi connectivity index (χ2n) is 2.94. The van der Waals surface area contributed by atoms with Crippen LogP contribution in [0.2, 0.25) is 0 Å². The maximum absolute atomic E-state index is 13.0. The molecule has 0 nitrogen and oxygen atoms in total. The fraction of sp³-hybridized carbons (Fsp3) is 0.300. The lowest BCUT2D eigenvalue weighted by Gasteiger charge is -2.25. The van der Waals surface area contributed by atoms with E-state index in [1.165, 1.54) is 18.4 Å². The molecule has 1 radical (unpaired) electrons. The molecule has 0 spiro atoms. The van der Waals surface area contributed by atoms with Gasteiger partial charge in [-0.1, -0.05) is 24.6 Å². The monoisotopic (exact) mass is 149 g/mol. The number of rotatable bonds is 1. The number of benzene rings is 1. The predicted octanol–water partition coefficient (Wildman–Crippen LogP) is 2.93. The molecular formula is C10H10F. The highest BCUT2D eigenvalue weighted by atomic mass is 19.1. The van der Waals surface area contributed by atoms with Gasteiger partial charge in [0.1, 0.15) is 5.82 Å². The maximum atomic E-state index is 13.0. The van der Waals surface area contributed by atoms with Gasteiger partial charge in [0.05, 0.1) is 0 Å². The Morgan fingerprint density at radius 2 is 1.82 bits per heavy atom. The molecule has 0 unspecified atom stereocenters. The van der Waals surface area contributed by atoms with Crippen molar-refractivity contribution in [3.8, 4) is 0 Å². The molecule has 0 heterocycles. The van der Waals surface area contributed by atoms with Crippen molar-refractivity contribution < 1.29 is 4.39 Å². The highest BCUT2D eigenvalue weighted by Crippen LogP contribution is 2.36. The van der Waals surface area contributed by atoms with Crippen LogP contribution in [-0.4, -0.2) is 0 Å². The fourth-order valence-electron chi connectivity index (χ4n) is 1.37. The van der Waals surface area contributed by atoms with Gasteiger partial charge in [-0.05, 0) is 24.5 Å². The first kappa shape index (κ1) is 6.84. The summed E-state index contributed by atoms with van der Waals surface area (Å²) in [6.45, 7) is 0. The normalized spacial score (nSPS) is 17.9. The smallest absolute Gasteiger partial charge is 0.126 e. The lowest BCUT2D eigenvalue weighted by Crippen LogP contribution is -2.11. The number of halogens is 1. The SMILES string of the molecule is Fc1ccccc1[C]1CCC1. The molecule has 0 atom stereocenters. The van der Waals surface area contributed by atoms with Gasteiger partial charge in [0.25, 0.3) is 0 Å². The first-order valence-corrected chi connectivity index (χ1v) is 3.97. The van der Waals surface area contributed by atoms with Crippen molar-refractivity contribution in [2.24, 2.45) is 0 Å². The lowest BCUT2D eigenvalue weighted by atomic mass is 9.80. The average molecular weight is 149 g/mol. The van der Waals surface area contributed by atoms with Crippen LogP contribution in [0.25, 0.3) is 0 Å². The Morgan fingerprint density at radius 1 is 1.09 bits per heavy atom. The van der Waals surface area contributed by atoms with Crippen LogP contribution >= 0.6 is 0 Å². The zero-order valence-electron chi connectivity index (χ0n) is 6.31. The van der Waals surface area contributed by atoms with E-state index in [0.717, 1.165) is 18.4 Å². The van der Waals surface area contributed by atoms with Crippen LogP contribution < -0.4 is 0 Å². The van der Waals surface area contributed by atoms with Crippen LogP contribution in [0, 0.1) is 11.7 Å². The van der Waals surface area contributed by atoms with Crippen molar-refractivity contribution in [2.75, 3.05) is 0 Å². The minimum Gasteiger partial charge on any atom is -0.207 e. The van der Waals surface area contributed by atoms with Crippen molar-refractivity contribution in [2.45, 2.75) is 19.3 Å². The van der Waals surface area contributed by atoms with Gasteiger partial charge in [-0.2, -0.15) is 0 Å². The lowest BCUT2D eigenvalue weighted by molar-refractivity contribution is 0.542. The van der Waals surface area contributed by atoms with Crippen molar-refractivity contribution in [1.82, 2.24) is 0 Å². The molecule has 0 aliphatic heterocycles. The highest BCUT2D eigenvalue weighted by Gasteiger charge is 2.22. The minimum atomic E-state index is -0.0674. The van der Waals surface area contributed by atoms with E-state index < -0.39 is 0 Å². The van der Waals surface area contributed by atoms with E-state index in [1.807, 2.05) is 12.1 Å². The van der Waals surface area contributed by atoms with Gasteiger partial charge in [0.2, 0.25) is 0 Å². The van der Waals surface area contributed by atoms with Crippen LogP contribution in [0.4, 0.5) is 4.39 Å². The first-order chi connectivity index (χ1) is 5.38. The Bertz CT molecular complexity index is 251. The van der Waals surface area contributed by atoms with E-state index in [-0.39, 0.29) is 5.82 Å². The van der Waals surface area contributed by atoms with E-state index in [1.54, 1.807) is 6.07 Å². The summed E-state index contributed by atoms with van der Waals surface area (Å²) >= 11 is 0. The zero-order chi connectivity index (χ0) is 7.68. The van der Waals surface area contributed by atoms with E-state index in [0.29, 0.717) is 0 Å². The molecule has 1 aromatic carbocycles. The van der Waals surface area contributed by atoms with Gasteiger partial charge < -0.3 is 0 Å². The summed E-state index contributed by atoms with van der Waals surface area (Å²) in [6, 6.07) is 7.02. The molecule has 0 amide bonds. The zero-order valence-corrected chi connectivity index (χ0v) is 6.31. The summed E-state index contributed by atoms with van der Waals surface area (Å²) in [5, 5.41) is 0. The summed E-state index contributed by atoms with van der Waals surface area (Å²) in [7, 11) is 0. The number of hydrogen-bond acceptors (Lipinski definition) is 0. The van der Waals surface area contributed by atoms with Gasteiger partial charge >= 0.3 is 0 Å². The molecule has 0 saturated heterocycles. The van der Waals surface area contributed by atoms with E-state index in [2.05, 4.69) is 0 Å². The van der Waals surface area contributed by atoms with Crippen LogP contribution in [-0.2, 0) is 0 Å². The van der Waals surface area contributed by atoms with Crippen LogP contribution in [0.15, 0.2) is 24.3 Å². The molecule has 0 aromatic heterocycles. The standard InChI is InChI=1S/C10H10F/c11-10-7-2-1-6-9(10)8-4-3-5-8/h1-2,6-7H,3-5H2. The van der Waals surface area contributed by atoms with Gasteiger partial charge in [0.15, 0.2) is 0 Å². The van der Waals surface area contributed by atoms with Gasteiger partial charge in [-0.15, -0.1) is 0 Å². The Hall–Kier alpha value is -0.850. The second-order valence-corrected chi connectivity index (χ2v) is 2.94. The minimum absolute atomic E-state index is 0.0674. The third-order valence-corrected chi connectivity index (χ3v) is 2.21. The topological polar surface area (TPSA) is 0 Å². The van der Waals surface area contributed by atoms with E-state index in [9.17, 15) is 4.39 Å². The predicted molar refractivity (Wildman–Crippen MR) is 42.6 cm³/mol. The molecule has 1 fully saturated rings. The van der Waals surface area contributed by atoms with Crippen molar-refractivity contribution >= 4 is 0 Å². The van der Waals surface area contributed by atoms with E-state index in [4.69, 9.17) is 0 Å². The average Bonchev–Trinajstić information content (AvgIpc) is 1.90. The molecule has 1 aliphatic carbocycles. The highest BCUT2D eigenvalue weighted by molar-refractivity contribution is 5.34. The third kappa shape index (κ3) is 1.15. The van der Waals surface area contributed by atoms with Crippen molar-refractivity contribution in [3.05, 3.63) is 41.6 Å². The van der Waals surface area contributed by atoms with Gasteiger partial charge in [-0.25, -0.2) is 4.39 Å². The maximum Gasteiger partial charge on any atom is 0.126 e. The first-order valence-electron chi connectivity index (χ1n) is 3.97. The summed E-state index contributed by atoms with van der Waals surface area (Å²) in [5.41, 5.74) is 0.832. The van der Waals surface area contributed by atoms with Crippen molar-refractivity contribution in [3.63, 3.8) is 0 Å². The van der Waals surface area contributed by atoms with Crippen LogP contribution in [0.3, 0.4) is 0 Å². The van der Waals surface area contributed by atoms with Crippen LogP contribution in [0.1, 0.15) is 24.8 Å². The summed E-state index contributed by atoms with van der Waals surface area (Å²) in [5.74, 6) is 1.21.